The molecule has 0 spiro atoms. The Morgan fingerprint density at radius 2 is 0.838 bits per heavy atom. The van der Waals surface area contributed by atoms with Crippen LogP contribution in [0.2, 0.25) is 0 Å². The molecule has 37 heavy (non-hydrogen) atoms. The van der Waals surface area contributed by atoms with Gasteiger partial charge in [0.05, 0.1) is 0 Å². The van der Waals surface area contributed by atoms with Crippen molar-refractivity contribution in [3.8, 4) is 0 Å². The first kappa shape index (κ1) is 26.8. The minimum atomic E-state index is -0.385. The summed E-state index contributed by atoms with van der Waals surface area (Å²) < 4.78 is 3.32. The summed E-state index contributed by atoms with van der Waals surface area (Å²) in [5.41, 5.74) is 3.03. The second-order valence-electron chi connectivity index (χ2n) is 11.1. The summed E-state index contributed by atoms with van der Waals surface area (Å²) in [4.78, 5) is 0. The van der Waals surface area contributed by atoms with Gasteiger partial charge in [0.2, 0.25) is 0 Å². The first-order valence-electron chi connectivity index (χ1n) is 15.1. The molecule has 1 heteroatoms. The molecular weight excluding hydrogens is 560 g/mol. The van der Waals surface area contributed by atoms with Crippen LogP contribution in [0.5, 0.6) is 0 Å². The Bertz CT molecular complexity index is 1340. The van der Waals surface area contributed by atoms with Gasteiger partial charge in [-0.15, -0.1) is 0 Å². The van der Waals surface area contributed by atoms with Crippen molar-refractivity contribution in [3.63, 3.8) is 0 Å². The molecule has 0 saturated carbocycles. The van der Waals surface area contributed by atoms with Crippen molar-refractivity contribution in [3.05, 3.63) is 71.8 Å². The van der Waals surface area contributed by atoms with E-state index < -0.39 is 0 Å². The van der Waals surface area contributed by atoms with Crippen molar-refractivity contribution < 1.29 is 0 Å². The Balaban J connectivity index is 1.34. The molecule has 1 aromatic heterocycles. The van der Waals surface area contributed by atoms with Crippen molar-refractivity contribution in [2.75, 3.05) is 0 Å². The molecule has 0 amide bonds. The molecule has 0 fully saturated rings. The summed E-state index contributed by atoms with van der Waals surface area (Å²) >= 11 is -0.385. The third-order valence-electron chi connectivity index (χ3n) is 8.20. The zero-order valence-corrected chi connectivity index (χ0v) is 25.4. The first-order chi connectivity index (χ1) is 18.3. The Morgan fingerprint density at radius 3 is 1.30 bits per heavy atom. The van der Waals surface area contributed by atoms with E-state index in [4.69, 9.17) is 0 Å². The third-order valence-corrected chi connectivity index (χ3v) is 11.9. The third kappa shape index (κ3) is 6.44. The Kier molecular flexibility index (Phi) is 9.64. The molecule has 194 valence electrons. The molecule has 0 radical (unpaired) electrons. The molecule has 0 bridgehead atoms. The van der Waals surface area contributed by atoms with Gasteiger partial charge in [-0.1, -0.05) is 13.8 Å². The first-order valence-corrected chi connectivity index (χ1v) is 17.4. The van der Waals surface area contributed by atoms with Crippen molar-refractivity contribution in [2.24, 2.45) is 0 Å². The van der Waals surface area contributed by atoms with Gasteiger partial charge in [-0.3, -0.25) is 0 Å². The van der Waals surface area contributed by atoms with Crippen molar-refractivity contribution in [1.29, 1.82) is 0 Å². The van der Waals surface area contributed by atoms with Crippen LogP contribution < -0.4 is 0 Å². The molecule has 0 aliphatic rings. The molecule has 1 heterocycles. The molecule has 5 aromatic rings. The quantitative estimate of drug-likeness (QED) is 0.0874. The van der Waals surface area contributed by atoms with Crippen LogP contribution in [0.4, 0.5) is 0 Å². The van der Waals surface area contributed by atoms with Crippen LogP contribution in [0.15, 0.2) is 60.7 Å². The van der Waals surface area contributed by atoms with Gasteiger partial charge in [-0.2, -0.15) is 0 Å². The number of fused-ring (bicyclic) bond motifs is 7. The summed E-state index contributed by atoms with van der Waals surface area (Å²) in [6, 6.07) is 24.3. The van der Waals surface area contributed by atoms with Crippen LogP contribution in [0, 0.1) is 0 Å². The van der Waals surface area contributed by atoms with Crippen molar-refractivity contribution >= 4 is 59.6 Å². The number of benzene rings is 4. The van der Waals surface area contributed by atoms with Crippen LogP contribution in [0.25, 0.3) is 39.1 Å². The van der Waals surface area contributed by atoms with E-state index in [0.717, 1.165) is 0 Å². The van der Waals surface area contributed by atoms with Crippen molar-refractivity contribution in [1.82, 2.24) is 0 Å². The molecule has 5 rings (SSSR count). The number of rotatable bonds is 14. The van der Waals surface area contributed by atoms with E-state index in [9.17, 15) is 0 Å². The van der Waals surface area contributed by atoms with Gasteiger partial charge >= 0.3 is 221 Å². The van der Waals surface area contributed by atoms with E-state index in [0.29, 0.717) is 0 Å². The number of hydrogen-bond donors (Lipinski definition) is 0. The molecule has 0 aliphatic heterocycles. The minimum absolute atomic E-state index is 0.385. The van der Waals surface area contributed by atoms with Crippen LogP contribution in [-0.2, 0) is 12.8 Å². The van der Waals surface area contributed by atoms with Crippen molar-refractivity contribution in [2.45, 2.75) is 104 Å². The molecule has 0 aliphatic carbocycles. The molecule has 0 atom stereocenters. The van der Waals surface area contributed by atoms with E-state index in [2.05, 4.69) is 74.5 Å². The van der Waals surface area contributed by atoms with Gasteiger partial charge in [0.15, 0.2) is 0 Å². The maximum atomic E-state index is 2.48. The molecule has 0 unspecified atom stereocenters. The monoisotopic (exact) mass is 606 g/mol. The van der Waals surface area contributed by atoms with Crippen LogP contribution >= 0.6 is 0 Å². The van der Waals surface area contributed by atoms with Crippen LogP contribution in [0.3, 0.4) is 0 Å². The zero-order chi connectivity index (χ0) is 25.5. The standard InChI is InChI=1S/C36H44Te/c1-3-5-7-9-11-13-15-27-17-21-31-29(25-27)19-23-33-34-24-20-30-26-28(16-14-12-10-8-6-4-2)18-22-32(30)36(34)37-35(31)33/h17-26H,3-16H2,1-2H3. The fourth-order valence-corrected chi connectivity index (χ4v) is 9.89. The van der Waals surface area contributed by atoms with Gasteiger partial charge in [-0.05, 0) is 0 Å². The second-order valence-corrected chi connectivity index (χ2v) is 14.0. The Hall–Kier alpha value is -1.81. The van der Waals surface area contributed by atoms with Gasteiger partial charge in [0.1, 0.15) is 0 Å². The topological polar surface area (TPSA) is 0 Å². The molecule has 0 nitrogen and oxygen atoms in total. The normalized spacial score (nSPS) is 11.9. The summed E-state index contributed by atoms with van der Waals surface area (Å²) in [6.45, 7) is 4.59. The maximum absolute atomic E-state index is 2.48. The van der Waals surface area contributed by atoms with E-state index in [-0.39, 0.29) is 20.4 Å². The summed E-state index contributed by atoms with van der Waals surface area (Å²) in [5.74, 6) is 0. The average molecular weight is 604 g/mol. The average Bonchev–Trinajstić information content (AvgIpc) is 3.32. The van der Waals surface area contributed by atoms with Gasteiger partial charge in [-0.25, -0.2) is 0 Å². The summed E-state index contributed by atoms with van der Waals surface area (Å²) in [6.07, 6.45) is 18.9. The number of hydrogen-bond acceptors (Lipinski definition) is 0. The van der Waals surface area contributed by atoms with Gasteiger partial charge in [0.25, 0.3) is 0 Å². The van der Waals surface area contributed by atoms with Crippen LogP contribution in [0.1, 0.15) is 102 Å². The summed E-state index contributed by atoms with van der Waals surface area (Å²) in [5, 5.41) is 8.93. The fraction of sp³-hybridized carbons (Fsp3) is 0.444. The van der Waals surface area contributed by atoms with E-state index in [1.807, 2.05) is 0 Å². The second kappa shape index (κ2) is 13.3. The van der Waals surface area contributed by atoms with Gasteiger partial charge < -0.3 is 0 Å². The van der Waals surface area contributed by atoms with Crippen LogP contribution in [-0.4, -0.2) is 20.4 Å². The molecule has 4 aromatic carbocycles. The SMILES string of the molecule is CCCCCCCCc1ccc2c(ccc3c4ccc5cc(CCCCCCCC)ccc5c4[te]c23)c1. The number of unbranched alkanes of at least 4 members (excludes halogenated alkanes) is 10. The predicted molar refractivity (Wildman–Crippen MR) is 168 cm³/mol. The molecule has 0 saturated heterocycles. The predicted octanol–water partition coefficient (Wildman–Crippen LogP) is 11.2. The van der Waals surface area contributed by atoms with E-state index in [1.54, 1.807) is 6.80 Å². The summed E-state index contributed by atoms with van der Waals surface area (Å²) in [7, 11) is 0. The Labute approximate surface area is 234 Å². The number of aryl methyl sites for hydroxylation is 2. The fourth-order valence-electron chi connectivity index (χ4n) is 5.98. The van der Waals surface area contributed by atoms with Gasteiger partial charge in [0, 0.05) is 0 Å². The van der Waals surface area contributed by atoms with E-state index >= 15 is 0 Å². The van der Waals surface area contributed by atoms with E-state index in [1.165, 1.54) is 133 Å². The molecule has 0 N–H and O–H groups in total. The molecular formula is C36H44Te. The Morgan fingerprint density at radius 1 is 0.432 bits per heavy atom. The zero-order valence-electron chi connectivity index (χ0n) is 23.1.